The molecular weight excluding hydrogens is 204 g/mol. The minimum absolute atomic E-state index is 0.115. The molecule has 0 aromatic rings. The molecule has 0 aromatic heterocycles. The fourth-order valence-corrected chi connectivity index (χ4v) is 5.47. The first-order valence-corrected chi connectivity index (χ1v) is 8.51. The van der Waals surface area contributed by atoms with Crippen LogP contribution in [0.25, 0.3) is 0 Å². The van der Waals surface area contributed by atoms with Gasteiger partial charge in [0, 0.05) is 11.7 Å². The highest BCUT2D eigenvalue weighted by molar-refractivity contribution is 8.17. The first kappa shape index (κ1) is 11.5. The van der Waals surface area contributed by atoms with Crippen molar-refractivity contribution >= 4 is 16.7 Å². The highest BCUT2D eigenvalue weighted by Gasteiger charge is 2.23. The summed E-state index contributed by atoms with van der Waals surface area (Å²) in [6.07, 6.45) is 10.6. The van der Waals surface area contributed by atoms with Crippen molar-refractivity contribution in [2.24, 2.45) is 5.92 Å². The molecule has 1 saturated carbocycles. The van der Waals surface area contributed by atoms with E-state index in [2.05, 4.69) is 0 Å². The molecule has 15 heavy (non-hydrogen) atoms. The second kappa shape index (κ2) is 5.93. The van der Waals surface area contributed by atoms with E-state index in [-0.39, 0.29) is 10.9 Å². The third kappa shape index (κ3) is 3.51. The van der Waals surface area contributed by atoms with E-state index < -0.39 is 0 Å². The van der Waals surface area contributed by atoms with Gasteiger partial charge in [-0.3, -0.25) is 4.79 Å². The molecule has 1 saturated heterocycles. The number of thiol groups is 1. The van der Waals surface area contributed by atoms with Gasteiger partial charge >= 0.3 is 0 Å². The zero-order valence-electron chi connectivity index (χ0n) is 9.71. The zero-order chi connectivity index (χ0) is 10.5. The Balaban J connectivity index is 1.74. The molecule has 0 N–H and O–H groups in total. The van der Waals surface area contributed by atoms with Gasteiger partial charge in [0.15, 0.2) is 0 Å². The summed E-state index contributed by atoms with van der Waals surface area (Å²) in [5.41, 5.74) is 0. The number of rotatable bonds is 3. The highest BCUT2D eigenvalue weighted by Crippen LogP contribution is 2.35. The fourth-order valence-electron chi connectivity index (χ4n) is 2.89. The minimum atomic E-state index is 0.115. The molecule has 2 rings (SSSR count). The molecule has 0 bridgehead atoms. The molecule has 1 aliphatic heterocycles. The topological polar surface area (TPSA) is 17.1 Å². The van der Waals surface area contributed by atoms with Crippen molar-refractivity contribution < 1.29 is 4.79 Å². The Kier molecular flexibility index (Phi) is 4.55. The van der Waals surface area contributed by atoms with Crippen LogP contribution in [0.1, 0.15) is 51.4 Å². The van der Waals surface area contributed by atoms with Crippen LogP contribution in [0, 0.1) is 5.92 Å². The number of Topliss-reactive ketones (excluding diaryl/α,β-unsaturated/α-hetero) is 1. The first-order valence-electron chi connectivity index (χ1n) is 6.61. The summed E-state index contributed by atoms with van der Waals surface area (Å²) in [4.78, 5) is 12.1. The van der Waals surface area contributed by atoms with E-state index in [0.29, 0.717) is 11.7 Å². The molecular formula is C13H24OS. The number of hydrogen-bond donors (Lipinski definition) is 1. The fraction of sp³-hybridized carbons (Fsp3) is 0.923. The molecule has 1 heterocycles. The molecule has 88 valence electrons. The van der Waals surface area contributed by atoms with Gasteiger partial charge in [-0.2, -0.15) is 0 Å². The smallest absolute Gasteiger partial charge is 0.144 e. The average molecular weight is 228 g/mol. The molecule has 2 aliphatic rings. The lowest BCUT2D eigenvalue weighted by atomic mass is 9.87. The number of hydrogen-bond acceptors (Lipinski definition) is 1. The SMILES string of the molecule is O=C(C[SH]1CCCCC1)C1CCCCC1. The molecule has 2 heteroatoms. The maximum atomic E-state index is 12.1. The largest absolute Gasteiger partial charge is 0.299 e. The maximum Gasteiger partial charge on any atom is 0.144 e. The third-order valence-corrected chi connectivity index (χ3v) is 6.54. The Morgan fingerprint density at radius 2 is 1.53 bits per heavy atom. The number of ketones is 1. The third-order valence-electron chi connectivity index (χ3n) is 3.89. The molecule has 1 nitrogen and oxygen atoms in total. The van der Waals surface area contributed by atoms with Crippen LogP contribution in [0.15, 0.2) is 0 Å². The van der Waals surface area contributed by atoms with Crippen LogP contribution in [-0.4, -0.2) is 23.0 Å². The van der Waals surface area contributed by atoms with Gasteiger partial charge in [-0.05, 0) is 37.2 Å². The lowest BCUT2D eigenvalue weighted by Gasteiger charge is -2.28. The molecule has 0 radical (unpaired) electrons. The van der Waals surface area contributed by atoms with Gasteiger partial charge in [-0.15, -0.1) is 0 Å². The van der Waals surface area contributed by atoms with Crippen LogP contribution in [-0.2, 0) is 4.79 Å². The number of carbonyl (C=O) groups excluding carboxylic acids is 1. The van der Waals surface area contributed by atoms with Gasteiger partial charge in [-0.1, -0.05) is 25.7 Å². The van der Waals surface area contributed by atoms with E-state index in [1.807, 2.05) is 0 Å². The average Bonchev–Trinajstić information content (AvgIpc) is 2.31. The van der Waals surface area contributed by atoms with Crippen molar-refractivity contribution in [3.63, 3.8) is 0 Å². The Morgan fingerprint density at radius 3 is 2.20 bits per heavy atom. The van der Waals surface area contributed by atoms with Gasteiger partial charge < -0.3 is 0 Å². The van der Waals surface area contributed by atoms with E-state index in [1.54, 1.807) is 0 Å². The molecule has 0 unspecified atom stereocenters. The van der Waals surface area contributed by atoms with E-state index in [4.69, 9.17) is 0 Å². The first-order chi connectivity index (χ1) is 7.36. The van der Waals surface area contributed by atoms with Gasteiger partial charge in [0.1, 0.15) is 5.78 Å². The van der Waals surface area contributed by atoms with Gasteiger partial charge in [0.2, 0.25) is 0 Å². The monoisotopic (exact) mass is 228 g/mol. The van der Waals surface area contributed by atoms with Crippen molar-refractivity contribution in [3.05, 3.63) is 0 Å². The summed E-state index contributed by atoms with van der Waals surface area (Å²) in [6.45, 7) is 0. The standard InChI is InChI=1S/C13H24OS/c14-13(12-7-3-1-4-8-12)11-15-9-5-2-6-10-15/h12,15H,1-11H2. The van der Waals surface area contributed by atoms with Gasteiger partial charge in [0.25, 0.3) is 0 Å². The van der Waals surface area contributed by atoms with E-state index >= 15 is 0 Å². The molecule has 0 aromatic carbocycles. The molecule has 0 amide bonds. The molecule has 0 atom stereocenters. The van der Waals surface area contributed by atoms with Crippen molar-refractivity contribution in [1.29, 1.82) is 0 Å². The van der Waals surface area contributed by atoms with Crippen molar-refractivity contribution in [3.8, 4) is 0 Å². The maximum absolute atomic E-state index is 12.1. The Hall–Kier alpha value is 0.0200. The van der Waals surface area contributed by atoms with E-state index in [0.717, 1.165) is 5.75 Å². The predicted molar refractivity (Wildman–Crippen MR) is 69.0 cm³/mol. The van der Waals surface area contributed by atoms with Crippen LogP contribution in [0.5, 0.6) is 0 Å². The van der Waals surface area contributed by atoms with Crippen LogP contribution >= 0.6 is 10.9 Å². The van der Waals surface area contributed by atoms with Gasteiger partial charge in [-0.25, -0.2) is 10.9 Å². The van der Waals surface area contributed by atoms with Crippen molar-refractivity contribution in [2.75, 3.05) is 17.3 Å². The second-order valence-corrected chi connectivity index (χ2v) is 7.69. The van der Waals surface area contributed by atoms with E-state index in [9.17, 15) is 4.79 Å². The van der Waals surface area contributed by atoms with Crippen molar-refractivity contribution in [1.82, 2.24) is 0 Å². The number of carbonyl (C=O) groups is 1. The Labute approximate surface area is 96.4 Å². The highest BCUT2D eigenvalue weighted by atomic mass is 32.2. The van der Waals surface area contributed by atoms with Crippen LogP contribution in [0.2, 0.25) is 0 Å². The second-order valence-electron chi connectivity index (χ2n) is 5.14. The van der Waals surface area contributed by atoms with Crippen LogP contribution in [0.4, 0.5) is 0 Å². The van der Waals surface area contributed by atoms with Crippen LogP contribution < -0.4 is 0 Å². The lowest BCUT2D eigenvalue weighted by molar-refractivity contribution is -0.121. The molecule has 0 spiro atoms. The normalized spacial score (nSPS) is 26.5. The summed E-state index contributed by atoms with van der Waals surface area (Å²) in [5, 5.41) is 0. The summed E-state index contributed by atoms with van der Waals surface area (Å²) in [5.74, 6) is 4.83. The Bertz CT molecular complexity index is 203. The summed E-state index contributed by atoms with van der Waals surface area (Å²) in [6, 6.07) is 0. The summed E-state index contributed by atoms with van der Waals surface area (Å²) in [7, 11) is 0.115. The molecule has 2 fully saturated rings. The summed E-state index contributed by atoms with van der Waals surface area (Å²) >= 11 is 0. The Morgan fingerprint density at radius 1 is 0.933 bits per heavy atom. The predicted octanol–water partition coefficient (Wildman–Crippen LogP) is 3.32. The van der Waals surface area contributed by atoms with Gasteiger partial charge in [0.05, 0.1) is 0 Å². The molecule has 1 aliphatic carbocycles. The summed E-state index contributed by atoms with van der Waals surface area (Å²) < 4.78 is 0. The minimum Gasteiger partial charge on any atom is -0.299 e. The van der Waals surface area contributed by atoms with Crippen LogP contribution in [0.3, 0.4) is 0 Å². The zero-order valence-corrected chi connectivity index (χ0v) is 10.6. The van der Waals surface area contributed by atoms with Crippen molar-refractivity contribution in [2.45, 2.75) is 51.4 Å². The van der Waals surface area contributed by atoms with E-state index in [1.165, 1.54) is 62.9 Å². The lowest BCUT2D eigenvalue weighted by Crippen LogP contribution is -2.22. The quantitative estimate of drug-likeness (QED) is 0.733.